The molecule has 0 saturated carbocycles. The van der Waals surface area contributed by atoms with Crippen molar-refractivity contribution in [1.29, 1.82) is 0 Å². The number of benzene rings is 1. The molecule has 1 heterocycles. The third-order valence-electron chi connectivity index (χ3n) is 3.92. The van der Waals surface area contributed by atoms with Gasteiger partial charge in [0.2, 0.25) is 5.91 Å². The maximum Gasteiger partial charge on any atom is 0.414 e. The second kappa shape index (κ2) is 8.48. The van der Waals surface area contributed by atoms with E-state index in [0.29, 0.717) is 12.2 Å². The largest absolute Gasteiger partial charge is 0.480 e. The molecule has 25 heavy (non-hydrogen) atoms. The summed E-state index contributed by atoms with van der Waals surface area (Å²) in [6, 6.07) is 5.20. The fourth-order valence-electron chi connectivity index (χ4n) is 2.50. The zero-order chi connectivity index (χ0) is 18.4. The summed E-state index contributed by atoms with van der Waals surface area (Å²) in [5.74, 6) is -1.01. The highest BCUT2D eigenvalue weighted by atomic mass is 16.6. The van der Waals surface area contributed by atoms with Gasteiger partial charge in [0.15, 0.2) is 0 Å². The maximum atomic E-state index is 12.1. The minimum absolute atomic E-state index is 0.149. The molecule has 2 amide bonds. The van der Waals surface area contributed by atoms with Crippen molar-refractivity contribution in [3.63, 3.8) is 0 Å². The molecule has 1 aliphatic rings. The van der Waals surface area contributed by atoms with Crippen LogP contribution in [-0.2, 0) is 16.0 Å². The Bertz CT molecular complexity index is 624. The van der Waals surface area contributed by atoms with Gasteiger partial charge in [-0.15, -0.1) is 0 Å². The van der Waals surface area contributed by atoms with Crippen LogP contribution < -0.4 is 15.4 Å². The van der Waals surface area contributed by atoms with E-state index in [4.69, 9.17) is 4.74 Å². The number of nitrogens with one attached hydrogen (secondary N) is 2. The Labute approximate surface area is 146 Å². The van der Waals surface area contributed by atoms with Crippen LogP contribution in [0.3, 0.4) is 0 Å². The number of carbonyl (C=O) groups excluding carboxylic acids is 2. The predicted molar refractivity (Wildman–Crippen MR) is 90.4 cm³/mol. The first-order valence-electron chi connectivity index (χ1n) is 8.11. The van der Waals surface area contributed by atoms with E-state index >= 15 is 0 Å². The number of carboxylic acids is 1. The molecule has 1 aliphatic heterocycles. The van der Waals surface area contributed by atoms with Crippen molar-refractivity contribution in [2.24, 2.45) is 0 Å². The lowest BCUT2D eigenvalue weighted by Gasteiger charge is -2.18. The lowest BCUT2D eigenvalue weighted by molar-refractivity contribution is -0.142. The number of aliphatic carboxylic acids is 1. The Morgan fingerprint density at radius 2 is 2.00 bits per heavy atom. The quantitative estimate of drug-likeness (QED) is 0.694. The molecule has 8 nitrogen and oxygen atoms in total. The number of nitrogens with zero attached hydrogens (tertiary/aromatic N) is 1. The minimum atomic E-state index is -1.09. The van der Waals surface area contributed by atoms with Gasteiger partial charge < -0.3 is 25.4 Å². The molecule has 3 N–H and O–H groups in total. The van der Waals surface area contributed by atoms with Crippen molar-refractivity contribution in [1.82, 2.24) is 15.5 Å². The van der Waals surface area contributed by atoms with Crippen molar-refractivity contribution in [2.45, 2.75) is 31.3 Å². The van der Waals surface area contributed by atoms with E-state index in [1.54, 1.807) is 38.4 Å². The van der Waals surface area contributed by atoms with Crippen LogP contribution in [0.25, 0.3) is 0 Å². The Morgan fingerprint density at radius 3 is 2.52 bits per heavy atom. The number of hydrogen-bond acceptors (Lipinski definition) is 5. The second-order valence-corrected chi connectivity index (χ2v) is 6.16. The molecule has 0 aromatic heterocycles. The SMILES string of the molecule is CN(C)C(=O)Oc1ccc(C[C@H](NC(=O)[C@@H]2CCCN2)C(=O)O)cc1. The van der Waals surface area contributed by atoms with E-state index in [9.17, 15) is 19.5 Å². The third-order valence-corrected chi connectivity index (χ3v) is 3.92. The van der Waals surface area contributed by atoms with Crippen LogP contribution in [0.1, 0.15) is 18.4 Å². The van der Waals surface area contributed by atoms with Gasteiger partial charge in [-0.05, 0) is 37.1 Å². The van der Waals surface area contributed by atoms with Crippen LogP contribution in [0.5, 0.6) is 5.75 Å². The van der Waals surface area contributed by atoms with Crippen molar-refractivity contribution >= 4 is 18.0 Å². The van der Waals surface area contributed by atoms with Crippen LogP contribution >= 0.6 is 0 Å². The summed E-state index contributed by atoms with van der Waals surface area (Å²) in [4.78, 5) is 36.3. The topological polar surface area (TPSA) is 108 Å². The number of ether oxygens (including phenoxy) is 1. The van der Waals surface area contributed by atoms with Crippen molar-refractivity contribution in [3.8, 4) is 5.75 Å². The fraction of sp³-hybridized carbons (Fsp3) is 0.471. The first-order valence-corrected chi connectivity index (χ1v) is 8.11. The molecule has 8 heteroatoms. The van der Waals surface area contributed by atoms with Gasteiger partial charge in [-0.1, -0.05) is 12.1 Å². The lowest BCUT2D eigenvalue weighted by atomic mass is 10.1. The van der Waals surface area contributed by atoms with Gasteiger partial charge in [0, 0.05) is 20.5 Å². The van der Waals surface area contributed by atoms with E-state index in [-0.39, 0.29) is 18.4 Å². The van der Waals surface area contributed by atoms with Crippen LogP contribution in [0.15, 0.2) is 24.3 Å². The van der Waals surface area contributed by atoms with Crippen molar-refractivity contribution in [3.05, 3.63) is 29.8 Å². The molecule has 0 bridgehead atoms. The highest BCUT2D eigenvalue weighted by Gasteiger charge is 2.27. The lowest BCUT2D eigenvalue weighted by Crippen LogP contribution is -2.49. The van der Waals surface area contributed by atoms with E-state index < -0.39 is 18.1 Å². The van der Waals surface area contributed by atoms with Crippen molar-refractivity contribution in [2.75, 3.05) is 20.6 Å². The van der Waals surface area contributed by atoms with E-state index in [0.717, 1.165) is 18.5 Å². The Kier molecular flexibility index (Phi) is 6.35. The summed E-state index contributed by atoms with van der Waals surface area (Å²) in [5.41, 5.74) is 0.719. The molecule has 1 fully saturated rings. The summed E-state index contributed by atoms with van der Waals surface area (Å²) in [5, 5.41) is 15.0. The molecule has 1 saturated heterocycles. The Balaban J connectivity index is 1.95. The molecular formula is C17H23N3O5. The zero-order valence-electron chi connectivity index (χ0n) is 14.3. The standard InChI is InChI=1S/C17H23N3O5/c1-20(2)17(24)25-12-7-5-11(6-8-12)10-14(16(22)23)19-15(21)13-4-3-9-18-13/h5-8,13-14,18H,3-4,9-10H2,1-2H3,(H,19,21)(H,22,23)/t13-,14-/m0/s1. The molecule has 0 spiro atoms. The van der Waals surface area contributed by atoms with Gasteiger partial charge in [0.25, 0.3) is 0 Å². The number of rotatable bonds is 6. The van der Waals surface area contributed by atoms with Gasteiger partial charge in [-0.25, -0.2) is 9.59 Å². The van der Waals surface area contributed by atoms with Gasteiger partial charge in [0.1, 0.15) is 11.8 Å². The molecule has 2 atom stereocenters. The Hall–Kier alpha value is -2.61. The highest BCUT2D eigenvalue weighted by Crippen LogP contribution is 2.15. The molecular weight excluding hydrogens is 326 g/mol. The summed E-state index contributed by atoms with van der Waals surface area (Å²) >= 11 is 0. The first-order chi connectivity index (χ1) is 11.9. The number of hydrogen-bond donors (Lipinski definition) is 3. The Morgan fingerprint density at radius 1 is 1.32 bits per heavy atom. The molecule has 0 radical (unpaired) electrons. The summed E-state index contributed by atoms with van der Waals surface area (Å²) in [6.45, 7) is 0.767. The molecule has 0 unspecified atom stereocenters. The van der Waals surface area contributed by atoms with Crippen LogP contribution in [0, 0.1) is 0 Å². The van der Waals surface area contributed by atoms with Crippen LogP contribution in [-0.4, -0.2) is 60.7 Å². The normalized spacial score (nSPS) is 17.6. The molecule has 136 valence electrons. The molecule has 0 aliphatic carbocycles. The van der Waals surface area contributed by atoms with Gasteiger partial charge in [-0.3, -0.25) is 4.79 Å². The van der Waals surface area contributed by atoms with E-state index in [1.807, 2.05) is 0 Å². The number of carboxylic acid groups (broad SMARTS) is 1. The highest BCUT2D eigenvalue weighted by molar-refractivity contribution is 5.87. The van der Waals surface area contributed by atoms with E-state index in [1.165, 1.54) is 4.90 Å². The third kappa shape index (κ3) is 5.46. The average Bonchev–Trinajstić information content (AvgIpc) is 3.10. The fourth-order valence-corrected chi connectivity index (χ4v) is 2.50. The van der Waals surface area contributed by atoms with Gasteiger partial charge in [-0.2, -0.15) is 0 Å². The van der Waals surface area contributed by atoms with Crippen LogP contribution in [0.2, 0.25) is 0 Å². The summed E-state index contributed by atoms with van der Waals surface area (Å²) in [7, 11) is 3.16. The van der Waals surface area contributed by atoms with Crippen molar-refractivity contribution < 1.29 is 24.2 Å². The summed E-state index contributed by atoms with van der Waals surface area (Å²) in [6.07, 6.45) is 1.27. The predicted octanol–water partition coefficient (Wildman–Crippen LogP) is 0.611. The van der Waals surface area contributed by atoms with Gasteiger partial charge in [0.05, 0.1) is 6.04 Å². The second-order valence-electron chi connectivity index (χ2n) is 6.16. The average molecular weight is 349 g/mol. The zero-order valence-corrected chi connectivity index (χ0v) is 14.3. The molecule has 1 aromatic carbocycles. The smallest absolute Gasteiger partial charge is 0.414 e. The van der Waals surface area contributed by atoms with Crippen LogP contribution in [0.4, 0.5) is 4.79 Å². The van der Waals surface area contributed by atoms with E-state index in [2.05, 4.69) is 10.6 Å². The molecule has 1 aromatic rings. The number of amides is 2. The minimum Gasteiger partial charge on any atom is -0.480 e. The first kappa shape index (κ1) is 18.7. The monoisotopic (exact) mass is 349 g/mol. The summed E-state index contributed by atoms with van der Waals surface area (Å²) < 4.78 is 5.11. The molecule has 2 rings (SSSR count). The maximum absolute atomic E-state index is 12.1. The van der Waals surface area contributed by atoms with Gasteiger partial charge >= 0.3 is 12.1 Å². The number of carbonyl (C=O) groups is 3.